The number of hydrogen-bond acceptors (Lipinski definition) is 5. The van der Waals surface area contributed by atoms with Crippen LogP contribution in [0.5, 0.6) is 0 Å². The third-order valence-corrected chi connectivity index (χ3v) is 5.13. The number of aromatic nitrogens is 3. The summed E-state index contributed by atoms with van der Waals surface area (Å²) in [4.78, 5) is 17.2. The minimum Gasteiger partial charge on any atom is -0.393 e. The van der Waals surface area contributed by atoms with Gasteiger partial charge >= 0.3 is 0 Å². The van der Waals surface area contributed by atoms with E-state index in [4.69, 9.17) is 5.73 Å². The highest BCUT2D eigenvalue weighted by Gasteiger charge is 2.36. The molecule has 0 spiro atoms. The van der Waals surface area contributed by atoms with Crippen molar-refractivity contribution in [1.82, 2.24) is 20.1 Å². The zero-order valence-electron chi connectivity index (χ0n) is 15.2. The van der Waals surface area contributed by atoms with Crippen molar-refractivity contribution in [2.75, 3.05) is 5.73 Å². The number of nitrogens with one attached hydrogen (secondary N) is 1. The summed E-state index contributed by atoms with van der Waals surface area (Å²) in [6.45, 7) is 1.90. The van der Waals surface area contributed by atoms with E-state index >= 15 is 0 Å². The number of aliphatic hydroxyl groups excluding tert-OH is 1. The standard InChI is InChI=1S/C20H23N5O2/c1-12-6-18(21)25(24-12)11-19(27)23-20(14-8-16(26)9-14)15-7-13-4-2-3-5-17(13)22-10-15/h2-7,10,14,16,20,26H,8-9,11,21H2,1H3,(H,23,27)/t14?,16?,20-/m1/s1. The fourth-order valence-electron chi connectivity index (χ4n) is 3.68. The molecule has 2 aromatic heterocycles. The minimum absolute atomic E-state index is 0.0620. The summed E-state index contributed by atoms with van der Waals surface area (Å²) in [6.07, 6.45) is 2.85. The van der Waals surface area contributed by atoms with Gasteiger partial charge in [0.15, 0.2) is 0 Å². The highest BCUT2D eigenvalue weighted by molar-refractivity contribution is 5.80. The molecule has 2 heterocycles. The number of rotatable bonds is 5. The smallest absolute Gasteiger partial charge is 0.242 e. The maximum Gasteiger partial charge on any atom is 0.242 e. The van der Waals surface area contributed by atoms with E-state index < -0.39 is 0 Å². The second-order valence-corrected chi connectivity index (χ2v) is 7.26. The molecule has 1 atom stereocenters. The Bertz CT molecular complexity index is 977. The predicted octanol–water partition coefficient (Wildman–Crippen LogP) is 1.95. The molecule has 7 heteroatoms. The second-order valence-electron chi connectivity index (χ2n) is 7.26. The molecule has 140 valence electrons. The number of nitrogen functional groups attached to an aromatic ring is 1. The fraction of sp³-hybridized carbons (Fsp3) is 0.350. The van der Waals surface area contributed by atoms with E-state index in [9.17, 15) is 9.90 Å². The van der Waals surface area contributed by atoms with E-state index in [1.54, 1.807) is 6.07 Å². The van der Waals surface area contributed by atoms with E-state index in [1.165, 1.54) is 4.68 Å². The number of fused-ring (bicyclic) bond motifs is 1. The monoisotopic (exact) mass is 365 g/mol. The van der Waals surface area contributed by atoms with Gasteiger partial charge in [-0.1, -0.05) is 18.2 Å². The maximum atomic E-state index is 12.6. The van der Waals surface area contributed by atoms with Crippen LogP contribution >= 0.6 is 0 Å². The molecule has 1 amide bonds. The molecule has 0 unspecified atom stereocenters. The van der Waals surface area contributed by atoms with E-state index in [2.05, 4.69) is 21.5 Å². The van der Waals surface area contributed by atoms with Crippen LogP contribution in [0.3, 0.4) is 0 Å². The van der Waals surface area contributed by atoms with Gasteiger partial charge in [0.25, 0.3) is 0 Å². The molecule has 1 aromatic carbocycles. The van der Waals surface area contributed by atoms with E-state index in [0.29, 0.717) is 18.7 Å². The number of pyridine rings is 1. The molecule has 1 aliphatic rings. The van der Waals surface area contributed by atoms with E-state index in [1.807, 2.05) is 37.4 Å². The summed E-state index contributed by atoms with van der Waals surface area (Å²) in [7, 11) is 0. The number of carbonyl (C=O) groups excluding carboxylic acids is 1. The van der Waals surface area contributed by atoms with Crippen LogP contribution in [0.2, 0.25) is 0 Å². The number of nitrogens with zero attached hydrogens (tertiary/aromatic N) is 3. The van der Waals surface area contributed by atoms with Crippen LogP contribution in [0.1, 0.15) is 30.1 Å². The minimum atomic E-state index is -0.299. The number of aliphatic hydroxyl groups is 1. The van der Waals surface area contributed by atoms with Crippen molar-refractivity contribution in [2.24, 2.45) is 5.92 Å². The average Bonchev–Trinajstić information content (AvgIpc) is 2.94. The van der Waals surface area contributed by atoms with Crippen molar-refractivity contribution < 1.29 is 9.90 Å². The molecule has 0 saturated heterocycles. The largest absolute Gasteiger partial charge is 0.393 e. The molecule has 1 saturated carbocycles. The number of nitrogens with two attached hydrogens (primary N) is 1. The first kappa shape index (κ1) is 17.5. The first-order valence-corrected chi connectivity index (χ1v) is 9.11. The van der Waals surface area contributed by atoms with Gasteiger partial charge in [0, 0.05) is 17.6 Å². The van der Waals surface area contributed by atoms with E-state index in [-0.39, 0.29) is 30.5 Å². The maximum absolute atomic E-state index is 12.6. The lowest BCUT2D eigenvalue weighted by Crippen LogP contribution is -2.42. The molecule has 4 N–H and O–H groups in total. The molecule has 0 bridgehead atoms. The zero-order chi connectivity index (χ0) is 19.0. The highest BCUT2D eigenvalue weighted by Crippen LogP contribution is 2.38. The molecular formula is C20H23N5O2. The summed E-state index contributed by atoms with van der Waals surface area (Å²) in [5.74, 6) is 0.485. The molecule has 4 rings (SSSR count). The molecule has 3 aromatic rings. The summed E-state index contributed by atoms with van der Waals surface area (Å²) in [6, 6.07) is 11.5. The van der Waals surface area contributed by atoms with Crippen molar-refractivity contribution >= 4 is 22.6 Å². The second kappa shape index (κ2) is 7.00. The van der Waals surface area contributed by atoms with Gasteiger partial charge < -0.3 is 16.2 Å². The Balaban J connectivity index is 1.56. The number of hydrogen-bond donors (Lipinski definition) is 3. The lowest BCUT2D eigenvalue weighted by atomic mass is 9.75. The normalized spacial score (nSPS) is 20.2. The van der Waals surface area contributed by atoms with Crippen LogP contribution in [-0.4, -0.2) is 31.9 Å². The van der Waals surface area contributed by atoms with Gasteiger partial charge in [-0.15, -0.1) is 0 Å². The van der Waals surface area contributed by atoms with Crippen LogP contribution in [0, 0.1) is 12.8 Å². The van der Waals surface area contributed by atoms with Gasteiger partial charge in [-0.05, 0) is 43.4 Å². The van der Waals surface area contributed by atoms with Crippen molar-refractivity contribution in [3.8, 4) is 0 Å². The molecule has 0 aliphatic heterocycles. The lowest BCUT2D eigenvalue weighted by Gasteiger charge is -2.38. The first-order valence-electron chi connectivity index (χ1n) is 9.11. The number of amides is 1. The number of aryl methyl sites for hydroxylation is 1. The molecular weight excluding hydrogens is 342 g/mol. The average molecular weight is 365 g/mol. The Morgan fingerprint density at radius 1 is 1.37 bits per heavy atom. The Morgan fingerprint density at radius 3 is 2.85 bits per heavy atom. The number of para-hydroxylation sites is 1. The molecule has 27 heavy (non-hydrogen) atoms. The van der Waals surface area contributed by atoms with Gasteiger partial charge in [-0.25, -0.2) is 4.68 Å². The Kier molecular flexibility index (Phi) is 4.53. The summed E-state index contributed by atoms with van der Waals surface area (Å²) in [5, 5.41) is 18.1. The predicted molar refractivity (Wildman–Crippen MR) is 103 cm³/mol. The van der Waals surface area contributed by atoms with Crippen molar-refractivity contribution in [3.05, 3.63) is 53.9 Å². The fourth-order valence-corrected chi connectivity index (χ4v) is 3.68. The third kappa shape index (κ3) is 3.64. The Morgan fingerprint density at radius 2 is 2.15 bits per heavy atom. The SMILES string of the molecule is Cc1cc(N)n(CC(=O)N[C@@H](c2cnc3ccccc3c2)C2CC(O)C2)n1. The highest BCUT2D eigenvalue weighted by atomic mass is 16.3. The Hall–Kier alpha value is -2.93. The van der Waals surface area contributed by atoms with Crippen molar-refractivity contribution in [1.29, 1.82) is 0 Å². The Labute approximate surface area is 157 Å². The van der Waals surface area contributed by atoms with Crippen LogP contribution in [0.15, 0.2) is 42.6 Å². The van der Waals surface area contributed by atoms with E-state index in [0.717, 1.165) is 22.2 Å². The quantitative estimate of drug-likeness (QED) is 0.641. The van der Waals surface area contributed by atoms with Gasteiger partial charge in [0.05, 0.1) is 23.4 Å². The van der Waals surface area contributed by atoms with Crippen LogP contribution in [0.25, 0.3) is 10.9 Å². The summed E-state index contributed by atoms with van der Waals surface area (Å²) in [5.41, 5.74) is 8.53. The first-order chi connectivity index (χ1) is 13.0. The van der Waals surface area contributed by atoms with Crippen molar-refractivity contribution in [2.45, 2.75) is 38.5 Å². The molecule has 1 fully saturated rings. The van der Waals surface area contributed by atoms with Crippen LogP contribution in [-0.2, 0) is 11.3 Å². The number of carbonyl (C=O) groups is 1. The zero-order valence-corrected chi connectivity index (χ0v) is 15.2. The summed E-state index contributed by atoms with van der Waals surface area (Å²) < 4.78 is 1.50. The van der Waals surface area contributed by atoms with Gasteiger partial charge in [-0.3, -0.25) is 9.78 Å². The van der Waals surface area contributed by atoms with Crippen LogP contribution < -0.4 is 11.1 Å². The lowest BCUT2D eigenvalue weighted by molar-refractivity contribution is -0.123. The number of benzene rings is 1. The van der Waals surface area contributed by atoms with Gasteiger partial charge in [-0.2, -0.15) is 5.10 Å². The van der Waals surface area contributed by atoms with Gasteiger partial charge in [0.1, 0.15) is 12.4 Å². The van der Waals surface area contributed by atoms with Crippen LogP contribution in [0.4, 0.5) is 5.82 Å². The topological polar surface area (TPSA) is 106 Å². The molecule has 1 aliphatic carbocycles. The molecule has 0 radical (unpaired) electrons. The summed E-state index contributed by atoms with van der Waals surface area (Å²) >= 11 is 0. The third-order valence-electron chi connectivity index (χ3n) is 5.13. The number of anilines is 1. The van der Waals surface area contributed by atoms with Crippen molar-refractivity contribution in [3.63, 3.8) is 0 Å². The molecule has 7 nitrogen and oxygen atoms in total. The van der Waals surface area contributed by atoms with Gasteiger partial charge in [0.2, 0.25) is 5.91 Å².